The maximum absolute atomic E-state index is 14.6. The number of fused-ring (bicyclic) bond motifs is 2. The van der Waals surface area contributed by atoms with Gasteiger partial charge in [-0.05, 0) is 54.1 Å². The molecular formula is C40H27N7O15S3. The van der Waals surface area contributed by atoms with Crippen molar-refractivity contribution in [1.29, 1.82) is 0 Å². The van der Waals surface area contributed by atoms with Crippen molar-refractivity contribution in [2.75, 3.05) is 16.0 Å². The fourth-order valence-electron chi connectivity index (χ4n) is 7.11. The number of carboxylic acids is 1. The molecule has 0 amide bonds. The minimum absolute atomic E-state index is 0.0259. The highest BCUT2D eigenvalue weighted by Gasteiger charge is 2.34. The van der Waals surface area contributed by atoms with Crippen LogP contribution in [-0.4, -0.2) is 70.8 Å². The molecule has 0 aliphatic heterocycles. The zero-order chi connectivity index (χ0) is 46.2. The second-order valence-electron chi connectivity index (χ2n) is 13.5. The highest BCUT2D eigenvalue weighted by Crippen LogP contribution is 2.46. The number of nitrogens with one attached hydrogen (secondary N) is 3. The van der Waals surface area contributed by atoms with Crippen LogP contribution in [0.2, 0.25) is 0 Å². The lowest BCUT2D eigenvalue weighted by Crippen LogP contribution is -2.29. The number of anilines is 6. The topological polar surface area (TPSA) is 320 Å². The summed E-state index contributed by atoms with van der Waals surface area (Å²) in [6, 6.07) is 22.1. The largest absolute Gasteiger partial charge is 0.479 e. The number of rotatable bonds is 16. The van der Waals surface area contributed by atoms with E-state index in [4.69, 9.17) is 10.5 Å². The van der Waals surface area contributed by atoms with Crippen LogP contribution in [0.4, 0.5) is 34.6 Å². The second-order valence-corrected chi connectivity index (χ2v) is 16.4. The Labute approximate surface area is 372 Å². The van der Waals surface area contributed by atoms with Crippen LogP contribution in [0.15, 0.2) is 117 Å². The van der Waals surface area contributed by atoms with E-state index in [2.05, 4.69) is 49.6 Å². The first-order valence-corrected chi connectivity index (χ1v) is 21.1. The van der Waals surface area contributed by atoms with Gasteiger partial charge in [-0.2, -0.15) is 23.4 Å². The molecule has 0 bridgehead atoms. The maximum atomic E-state index is 14.6. The number of aromatic carboxylic acids is 1. The van der Waals surface area contributed by atoms with Crippen molar-refractivity contribution in [2.24, 2.45) is 7.05 Å². The normalized spacial score (nSPS) is 11.9. The van der Waals surface area contributed by atoms with Crippen molar-refractivity contribution >= 4 is 97.3 Å². The zero-order valence-corrected chi connectivity index (χ0v) is 35.0. The average Bonchev–Trinajstić information content (AvgIpc) is 3.28. The number of carboxylic acid groups (broad SMARTS) is 1. The molecule has 2 aromatic heterocycles. The van der Waals surface area contributed by atoms with Crippen molar-refractivity contribution in [3.63, 3.8) is 0 Å². The summed E-state index contributed by atoms with van der Waals surface area (Å²) >= 11 is 0.873. The lowest BCUT2D eigenvalue weighted by molar-refractivity contribution is -0.432. The van der Waals surface area contributed by atoms with Crippen LogP contribution in [0.25, 0.3) is 22.0 Å². The minimum atomic E-state index is -5.13. The number of hydrogen-bond acceptors (Lipinski definition) is 21. The van der Waals surface area contributed by atoms with Gasteiger partial charge in [0, 0.05) is 34.0 Å². The number of nitrogens with zero attached hydrogens (tertiary/aromatic N) is 4. The van der Waals surface area contributed by atoms with E-state index in [0.717, 1.165) is 12.1 Å². The predicted molar refractivity (Wildman–Crippen MR) is 230 cm³/mol. The predicted octanol–water partition coefficient (Wildman–Crippen LogP) is 6.90. The SMILES string of the molecule is Cn1c(=O)c(C(=O)c2cccc(SOOO)c2)c2c3c(c(Nc4cc(Nc5nc(O)nc(Nc6ccccc6C(=O)O)n5)c(S(=O)(=O)O)cc4SOOO)ccc31)C(=O)c1ccccc1-2. The highest BCUT2D eigenvalue weighted by molar-refractivity contribution is 7.95. The molecular weight excluding hydrogens is 915 g/mol. The summed E-state index contributed by atoms with van der Waals surface area (Å²) in [5.74, 6) is -3.43. The quantitative estimate of drug-likeness (QED) is 0.0160. The number of para-hydroxylation sites is 1. The molecule has 25 heteroatoms. The Morgan fingerprint density at radius 2 is 1.40 bits per heavy atom. The summed E-state index contributed by atoms with van der Waals surface area (Å²) in [5.41, 5.74) is -0.768. The average molecular weight is 942 g/mol. The third kappa shape index (κ3) is 8.69. The number of pyridine rings is 1. The van der Waals surface area contributed by atoms with Gasteiger partial charge in [0.15, 0.2) is 11.6 Å². The molecule has 0 spiro atoms. The van der Waals surface area contributed by atoms with E-state index in [9.17, 15) is 42.4 Å². The molecule has 2 heterocycles. The monoisotopic (exact) mass is 941 g/mol. The molecule has 0 saturated heterocycles. The Morgan fingerprint density at radius 1 is 0.723 bits per heavy atom. The highest BCUT2D eigenvalue weighted by atomic mass is 32.2. The molecule has 8 N–H and O–H groups in total. The molecule has 5 aromatic carbocycles. The number of ketones is 2. The molecule has 0 saturated carbocycles. The van der Waals surface area contributed by atoms with Gasteiger partial charge in [-0.25, -0.2) is 15.3 Å². The number of aryl methyl sites for hydroxylation is 1. The smallest absolute Gasteiger partial charge is 0.337 e. The molecule has 1 aliphatic carbocycles. The molecule has 0 unspecified atom stereocenters. The fourth-order valence-corrected chi connectivity index (χ4v) is 8.72. The van der Waals surface area contributed by atoms with E-state index >= 15 is 0 Å². The maximum Gasteiger partial charge on any atom is 0.337 e. The Bertz CT molecular complexity index is 3300. The van der Waals surface area contributed by atoms with Crippen LogP contribution in [-0.2, 0) is 35.9 Å². The van der Waals surface area contributed by atoms with E-state index in [-0.39, 0.29) is 89.8 Å². The molecule has 0 atom stereocenters. The van der Waals surface area contributed by atoms with Gasteiger partial charge in [0.05, 0.1) is 73.9 Å². The van der Waals surface area contributed by atoms with Gasteiger partial charge in [-0.15, -0.1) is 8.67 Å². The van der Waals surface area contributed by atoms with Crippen LogP contribution in [0.5, 0.6) is 6.01 Å². The van der Waals surface area contributed by atoms with Crippen molar-refractivity contribution in [1.82, 2.24) is 19.5 Å². The first-order chi connectivity index (χ1) is 31.2. The number of carbonyl (C=O) groups is 3. The van der Waals surface area contributed by atoms with Crippen molar-refractivity contribution in [3.8, 4) is 17.1 Å². The van der Waals surface area contributed by atoms with E-state index in [1.807, 2.05) is 0 Å². The van der Waals surface area contributed by atoms with Gasteiger partial charge in [-0.1, -0.05) is 58.6 Å². The van der Waals surface area contributed by atoms with Crippen LogP contribution >= 0.6 is 24.1 Å². The Kier molecular flexibility index (Phi) is 12.3. The Balaban J connectivity index is 1.29. The van der Waals surface area contributed by atoms with Crippen molar-refractivity contribution in [3.05, 3.63) is 135 Å². The lowest BCUT2D eigenvalue weighted by Gasteiger charge is -2.26. The number of aromatic hydroxyl groups is 1. The van der Waals surface area contributed by atoms with Crippen LogP contribution in [0.3, 0.4) is 0 Å². The van der Waals surface area contributed by atoms with E-state index < -0.39 is 55.8 Å². The summed E-state index contributed by atoms with van der Waals surface area (Å²) in [7, 11) is -3.70. The second kappa shape index (κ2) is 18.1. The standard InChI is InChI=1S/C40H27N7O15S3/c1-47-27-14-13-24(31-32(27)30(20-9-2-3-10-21(20)35(31)49)33(36(47)50)34(48)18-7-6-8-19(15-18)63-61-59-54)41-25-16-26(29(65(56,57)58)17-28(25)64-62-60-55)43-39-44-38(45-40(53)46-39)42-23-12-5-4-11-22(23)37(51)52/h2-17,41,54-55H,1H3,(H,51,52)(H,56,57,58)(H3,42,43,44,45,46,53). The lowest BCUT2D eigenvalue weighted by atomic mass is 9.80. The van der Waals surface area contributed by atoms with Crippen LogP contribution < -0.4 is 21.5 Å². The molecule has 65 heavy (non-hydrogen) atoms. The summed E-state index contributed by atoms with van der Waals surface area (Å²) in [6.07, 6.45) is 0. The fraction of sp³-hybridized carbons (Fsp3) is 0.0250. The first-order valence-electron chi connectivity index (χ1n) is 18.2. The van der Waals surface area contributed by atoms with E-state index in [1.165, 1.54) is 72.3 Å². The molecule has 8 rings (SSSR count). The summed E-state index contributed by atoms with van der Waals surface area (Å²) in [6.45, 7) is 0. The Morgan fingerprint density at radius 3 is 2.11 bits per heavy atom. The molecule has 22 nitrogen and oxygen atoms in total. The van der Waals surface area contributed by atoms with Crippen molar-refractivity contribution in [2.45, 2.75) is 14.7 Å². The molecule has 0 fully saturated rings. The Hall–Kier alpha value is -7.30. The third-order valence-corrected chi connectivity index (χ3v) is 11.9. The third-order valence-electron chi connectivity index (χ3n) is 9.77. The summed E-state index contributed by atoms with van der Waals surface area (Å²) in [5, 5.41) is 53.7. The van der Waals surface area contributed by atoms with Crippen molar-refractivity contribution < 1.29 is 66.8 Å². The molecule has 0 radical (unpaired) electrons. The molecule has 330 valence electrons. The van der Waals surface area contributed by atoms with Crippen LogP contribution in [0.1, 0.15) is 42.2 Å². The molecule has 7 aromatic rings. The minimum Gasteiger partial charge on any atom is -0.479 e. The first kappa shape index (κ1) is 44.3. The van der Waals surface area contributed by atoms with Gasteiger partial charge in [0.2, 0.25) is 11.9 Å². The number of hydrogen-bond donors (Lipinski definition) is 8. The van der Waals surface area contributed by atoms with E-state index in [1.54, 1.807) is 24.3 Å². The van der Waals surface area contributed by atoms with Gasteiger partial charge in [0.1, 0.15) is 4.90 Å². The number of carbonyl (C=O) groups excluding carboxylic acids is 2. The molecule has 1 aliphatic rings. The van der Waals surface area contributed by atoms with Gasteiger partial charge in [-0.3, -0.25) is 18.9 Å². The van der Waals surface area contributed by atoms with Gasteiger partial charge >= 0.3 is 12.0 Å². The van der Waals surface area contributed by atoms with Crippen LogP contribution in [0, 0.1) is 0 Å². The van der Waals surface area contributed by atoms with Gasteiger partial charge < -0.3 is 30.7 Å². The zero-order valence-electron chi connectivity index (χ0n) is 32.6. The summed E-state index contributed by atoms with van der Waals surface area (Å²) < 4.78 is 46.5. The number of benzene rings is 5. The van der Waals surface area contributed by atoms with Gasteiger partial charge in [0.25, 0.3) is 15.7 Å². The number of aromatic nitrogens is 4. The van der Waals surface area contributed by atoms with E-state index in [0.29, 0.717) is 16.9 Å². The summed E-state index contributed by atoms with van der Waals surface area (Å²) in [4.78, 5) is 66.2.